The minimum Gasteiger partial charge on any atom is -0.383 e. The summed E-state index contributed by atoms with van der Waals surface area (Å²) in [6, 6.07) is 0.373. The first-order valence-corrected chi connectivity index (χ1v) is 6.56. The average molecular weight is 253 g/mol. The second kappa shape index (κ2) is 6.20. The first kappa shape index (κ1) is 13.4. The predicted octanol–water partition coefficient (Wildman–Crippen LogP) is 1.82. The molecule has 18 heavy (non-hydrogen) atoms. The van der Waals surface area contributed by atoms with Gasteiger partial charge >= 0.3 is 0 Å². The highest BCUT2D eigenvalue weighted by Crippen LogP contribution is 2.24. The number of nitrogens with zero attached hydrogens (tertiary/aromatic N) is 2. The molecule has 1 saturated carbocycles. The molecule has 102 valence electrons. The number of anilines is 1. The van der Waals surface area contributed by atoms with Gasteiger partial charge in [0.25, 0.3) is 0 Å². The largest absolute Gasteiger partial charge is 0.383 e. The molecule has 5 heteroatoms. The number of nitrogens with one attached hydrogen (secondary N) is 1. The summed E-state index contributed by atoms with van der Waals surface area (Å²) in [6.07, 6.45) is 5.85. The van der Waals surface area contributed by atoms with Crippen molar-refractivity contribution in [1.29, 1.82) is 0 Å². The summed E-state index contributed by atoms with van der Waals surface area (Å²) in [5, 5.41) is 3.51. The van der Waals surface area contributed by atoms with E-state index < -0.39 is 0 Å². The smallest absolute Gasteiger partial charge is 0.203 e. The number of rotatable bonds is 6. The Morgan fingerprint density at radius 1 is 1.44 bits per heavy atom. The quantitative estimate of drug-likeness (QED) is 0.840. The van der Waals surface area contributed by atoms with E-state index in [1.54, 1.807) is 14.2 Å². The number of aryl methyl sites for hydroxylation is 1. The van der Waals surface area contributed by atoms with Gasteiger partial charge in [0.15, 0.2) is 0 Å². The van der Waals surface area contributed by atoms with E-state index in [4.69, 9.17) is 9.47 Å². The summed E-state index contributed by atoms with van der Waals surface area (Å²) in [5.41, 5.74) is 1.03. The zero-order valence-corrected chi connectivity index (χ0v) is 11.5. The SMILES string of the molecule is COCCn1cc(C)nc1NC1CCCC1OC. The summed E-state index contributed by atoms with van der Waals surface area (Å²) in [6.45, 7) is 3.53. The van der Waals surface area contributed by atoms with Crippen LogP contribution in [0.15, 0.2) is 6.20 Å². The first-order chi connectivity index (χ1) is 8.74. The molecule has 1 aliphatic rings. The van der Waals surface area contributed by atoms with E-state index in [1.807, 2.05) is 6.92 Å². The molecule has 5 nitrogen and oxygen atoms in total. The van der Waals surface area contributed by atoms with Gasteiger partial charge in [0.1, 0.15) is 0 Å². The Hall–Kier alpha value is -1.07. The summed E-state index contributed by atoms with van der Waals surface area (Å²) < 4.78 is 12.7. The number of methoxy groups -OCH3 is 2. The average Bonchev–Trinajstić information content (AvgIpc) is 2.94. The number of imidazole rings is 1. The van der Waals surface area contributed by atoms with Crippen molar-refractivity contribution >= 4 is 5.95 Å². The highest BCUT2D eigenvalue weighted by Gasteiger charge is 2.28. The number of aromatic nitrogens is 2. The second-order valence-electron chi connectivity index (χ2n) is 4.85. The Morgan fingerprint density at radius 2 is 2.28 bits per heavy atom. The lowest BCUT2D eigenvalue weighted by Crippen LogP contribution is -2.31. The highest BCUT2D eigenvalue weighted by atomic mass is 16.5. The summed E-state index contributed by atoms with van der Waals surface area (Å²) >= 11 is 0. The van der Waals surface area contributed by atoms with Crippen LogP contribution in [0.25, 0.3) is 0 Å². The minimum atomic E-state index is 0.304. The Balaban J connectivity index is 2.03. The van der Waals surface area contributed by atoms with Gasteiger partial charge in [-0.15, -0.1) is 0 Å². The van der Waals surface area contributed by atoms with Crippen molar-refractivity contribution in [2.45, 2.75) is 44.9 Å². The summed E-state index contributed by atoms with van der Waals surface area (Å²) in [7, 11) is 3.50. The molecule has 1 fully saturated rings. The molecule has 0 aliphatic heterocycles. The Kier molecular flexibility index (Phi) is 4.60. The molecule has 0 radical (unpaired) electrons. The van der Waals surface area contributed by atoms with E-state index >= 15 is 0 Å². The van der Waals surface area contributed by atoms with Gasteiger partial charge in [-0.3, -0.25) is 0 Å². The van der Waals surface area contributed by atoms with Crippen LogP contribution in [0.5, 0.6) is 0 Å². The van der Waals surface area contributed by atoms with Crippen LogP contribution >= 0.6 is 0 Å². The van der Waals surface area contributed by atoms with Gasteiger partial charge in [-0.25, -0.2) is 4.98 Å². The highest BCUT2D eigenvalue weighted by molar-refractivity contribution is 5.31. The standard InChI is InChI=1S/C13H23N3O2/c1-10-9-16(7-8-17-2)13(14-10)15-11-5-4-6-12(11)18-3/h9,11-12H,4-8H2,1-3H3,(H,14,15). The number of ether oxygens (including phenoxy) is 2. The second-order valence-corrected chi connectivity index (χ2v) is 4.85. The van der Waals surface area contributed by atoms with Crippen molar-refractivity contribution in [2.24, 2.45) is 0 Å². The Bertz CT molecular complexity index is 378. The fourth-order valence-corrected chi connectivity index (χ4v) is 2.56. The van der Waals surface area contributed by atoms with E-state index in [0.29, 0.717) is 18.8 Å². The molecule has 1 aromatic heterocycles. The van der Waals surface area contributed by atoms with E-state index in [9.17, 15) is 0 Å². The molecule has 2 unspecified atom stereocenters. The van der Waals surface area contributed by atoms with Crippen molar-refractivity contribution in [3.8, 4) is 0 Å². The van der Waals surface area contributed by atoms with Gasteiger partial charge in [-0.1, -0.05) is 0 Å². The van der Waals surface area contributed by atoms with E-state index in [-0.39, 0.29) is 0 Å². The molecular weight excluding hydrogens is 230 g/mol. The molecule has 1 aliphatic carbocycles. The molecule has 0 spiro atoms. The topological polar surface area (TPSA) is 48.3 Å². The van der Waals surface area contributed by atoms with Gasteiger partial charge in [0.05, 0.1) is 24.4 Å². The third-order valence-electron chi connectivity index (χ3n) is 3.50. The van der Waals surface area contributed by atoms with Gasteiger partial charge in [-0.05, 0) is 26.2 Å². The molecule has 0 saturated heterocycles. The fourth-order valence-electron chi connectivity index (χ4n) is 2.56. The molecule has 0 amide bonds. The maximum Gasteiger partial charge on any atom is 0.203 e. The lowest BCUT2D eigenvalue weighted by Gasteiger charge is -2.20. The summed E-state index contributed by atoms with van der Waals surface area (Å²) in [5.74, 6) is 0.929. The van der Waals surface area contributed by atoms with Crippen LogP contribution in [-0.2, 0) is 16.0 Å². The van der Waals surface area contributed by atoms with E-state index in [1.165, 1.54) is 6.42 Å². The van der Waals surface area contributed by atoms with Crippen LogP contribution in [0.1, 0.15) is 25.0 Å². The molecule has 0 bridgehead atoms. The van der Waals surface area contributed by atoms with Crippen molar-refractivity contribution in [2.75, 3.05) is 26.1 Å². The van der Waals surface area contributed by atoms with Crippen molar-refractivity contribution in [3.05, 3.63) is 11.9 Å². The van der Waals surface area contributed by atoms with Crippen LogP contribution in [0.3, 0.4) is 0 Å². The lowest BCUT2D eigenvalue weighted by atomic mass is 10.2. The zero-order chi connectivity index (χ0) is 13.0. The van der Waals surface area contributed by atoms with Crippen LogP contribution in [0, 0.1) is 6.92 Å². The molecular formula is C13H23N3O2. The summed E-state index contributed by atoms with van der Waals surface area (Å²) in [4.78, 5) is 4.54. The predicted molar refractivity (Wildman–Crippen MR) is 70.9 cm³/mol. The Morgan fingerprint density at radius 3 is 3.00 bits per heavy atom. The fraction of sp³-hybridized carbons (Fsp3) is 0.769. The maximum absolute atomic E-state index is 5.50. The van der Waals surface area contributed by atoms with Crippen molar-refractivity contribution in [1.82, 2.24) is 9.55 Å². The van der Waals surface area contributed by atoms with E-state index in [0.717, 1.165) is 31.0 Å². The molecule has 2 rings (SSSR count). The lowest BCUT2D eigenvalue weighted by molar-refractivity contribution is 0.100. The first-order valence-electron chi connectivity index (χ1n) is 6.56. The van der Waals surface area contributed by atoms with Crippen molar-refractivity contribution < 1.29 is 9.47 Å². The van der Waals surface area contributed by atoms with Crippen molar-refractivity contribution in [3.63, 3.8) is 0 Å². The number of hydrogen-bond donors (Lipinski definition) is 1. The molecule has 1 heterocycles. The third-order valence-corrected chi connectivity index (χ3v) is 3.50. The van der Waals surface area contributed by atoms with Crippen LogP contribution in [0.2, 0.25) is 0 Å². The molecule has 0 aromatic carbocycles. The van der Waals surface area contributed by atoms with Gasteiger partial charge < -0.3 is 19.4 Å². The third kappa shape index (κ3) is 3.03. The van der Waals surface area contributed by atoms with Crippen LogP contribution in [-0.4, -0.2) is 42.5 Å². The van der Waals surface area contributed by atoms with Crippen LogP contribution < -0.4 is 5.32 Å². The monoisotopic (exact) mass is 253 g/mol. The minimum absolute atomic E-state index is 0.304. The molecule has 1 aromatic rings. The normalized spacial score (nSPS) is 23.5. The Labute approximate surface area is 108 Å². The van der Waals surface area contributed by atoms with Gasteiger partial charge in [0, 0.05) is 27.0 Å². The number of hydrogen-bond acceptors (Lipinski definition) is 4. The molecule has 1 N–H and O–H groups in total. The zero-order valence-electron chi connectivity index (χ0n) is 11.5. The van der Waals surface area contributed by atoms with Crippen LogP contribution in [0.4, 0.5) is 5.95 Å². The van der Waals surface area contributed by atoms with Gasteiger partial charge in [0.2, 0.25) is 5.95 Å². The molecule has 2 atom stereocenters. The van der Waals surface area contributed by atoms with E-state index in [2.05, 4.69) is 21.1 Å². The van der Waals surface area contributed by atoms with Gasteiger partial charge in [-0.2, -0.15) is 0 Å². The maximum atomic E-state index is 5.50.